The summed E-state index contributed by atoms with van der Waals surface area (Å²) in [7, 11) is 0. The highest BCUT2D eigenvalue weighted by atomic mass is 79.9. The Hall–Kier alpha value is -0.900. The molecule has 0 saturated heterocycles. The Morgan fingerprint density at radius 1 is 1.26 bits per heavy atom. The van der Waals surface area contributed by atoms with Crippen LogP contribution in [0.1, 0.15) is 22.7 Å². The van der Waals surface area contributed by atoms with E-state index in [1.807, 2.05) is 25.1 Å². The minimum atomic E-state index is -0.261. The van der Waals surface area contributed by atoms with E-state index < -0.39 is 0 Å². The van der Waals surface area contributed by atoms with Crippen LogP contribution in [0, 0.1) is 12.7 Å². The van der Waals surface area contributed by atoms with Gasteiger partial charge >= 0.3 is 0 Å². The van der Waals surface area contributed by atoms with Crippen LogP contribution >= 0.6 is 27.5 Å². The SMILES string of the molecule is Cc1cc(Cl)cc(C(N)Cc2ccc(F)cc2Br)c1. The zero-order valence-electron chi connectivity index (χ0n) is 10.5. The molecule has 0 aliphatic rings. The predicted octanol–water partition coefficient (Wildman–Crippen LogP) is 4.79. The molecule has 0 heterocycles. The van der Waals surface area contributed by atoms with Crippen molar-refractivity contribution in [3.63, 3.8) is 0 Å². The van der Waals surface area contributed by atoms with Gasteiger partial charge in [-0.1, -0.05) is 39.7 Å². The molecule has 4 heteroatoms. The number of halogens is 3. The lowest BCUT2D eigenvalue weighted by molar-refractivity contribution is 0.624. The number of benzene rings is 2. The van der Waals surface area contributed by atoms with Crippen LogP contribution in [0.15, 0.2) is 40.9 Å². The van der Waals surface area contributed by atoms with Gasteiger partial charge in [-0.15, -0.1) is 0 Å². The second kappa shape index (κ2) is 6.04. The number of hydrogen-bond acceptors (Lipinski definition) is 1. The Bertz CT molecular complexity index is 580. The summed E-state index contributed by atoms with van der Waals surface area (Å²) >= 11 is 9.39. The molecule has 2 N–H and O–H groups in total. The molecule has 0 aliphatic heterocycles. The molecule has 100 valence electrons. The second-order valence-corrected chi connectivity index (χ2v) is 5.90. The molecule has 0 fully saturated rings. The van der Waals surface area contributed by atoms with Crippen LogP contribution in [-0.4, -0.2) is 0 Å². The van der Waals surface area contributed by atoms with E-state index >= 15 is 0 Å². The average Bonchev–Trinajstić information content (AvgIpc) is 2.31. The molecular weight excluding hydrogens is 329 g/mol. The fourth-order valence-corrected chi connectivity index (χ4v) is 2.83. The molecule has 19 heavy (non-hydrogen) atoms. The maximum Gasteiger partial charge on any atom is 0.124 e. The Morgan fingerprint density at radius 2 is 2.00 bits per heavy atom. The fourth-order valence-electron chi connectivity index (χ4n) is 2.02. The first-order valence-corrected chi connectivity index (χ1v) is 7.09. The lowest BCUT2D eigenvalue weighted by Crippen LogP contribution is -2.14. The molecule has 1 unspecified atom stereocenters. The van der Waals surface area contributed by atoms with E-state index in [2.05, 4.69) is 15.9 Å². The monoisotopic (exact) mass is 341 g/mol. The van der Waals surface area contributed by atoms with E-state index in [9.17, 15) is 4.39 Å². The Morgan fingerprint density at radius 3 is 2.63 bits per heavy atom. The summed E-state index contributed by atoms with van der Waals surface area (Å²) in [6, 6.07) is 10.3. The average molecular weight is 343 g/mol. The zero-order chi connectivity index (χ0) is 14.0. The highest BCUT2D eigenvalue weighted by molar-refractivity contribution is 9.10. The lowest BCUT2D eigenvalue weighted by atomic mass is 9.98. The van der Waals surface area contributed by atoms with Gasteiger partial charge < -0.3 is 5.73 Å². The molecule has 0 spiro atoms. The largest absolute Gasteiger partial charge is 0.324 e. The van der Waals surface area contributed by atoms with Crippen molar-refractivity contribution in [3.05, 3.63) is 68.4 Å². The van der Waals surface area contributed by atoms with Gasteiger partial charge in [-0.3, -0.25) is 0 Å². The van der Waals surface area contributed by atoms with Gasteiger partial charge in [-0.25, -0.2) is 4.39 Å². The van der Waals surface area contributed by atoms with Crippen molar-refractivity contribution in [3.8, 4) is 0 Å². The van der Waals surface area contributed by atoms with Gasteiger partial charge in [0.1, 0.15) is 5.82 Å². The van der Waals surface area contributed by atoms with Crippen LogP contribution in [0.2, 0.25) is 5.02 Å². The van der Waals surface area contributed by atoms with Crippen molar-refractivity contribution < 1.29 is 4.39 Å². The molecule has 0 saturated carbocycles. The van der Waals surface area contributed by atoms with Gasteiger partial charge in [0.05, 0.1) is 0 Å². The fraction of sp³-hybridized carbons (Fsp3) is 0.200. The number of rotatable bonds is 3. The van der Waals surface area contributed by atoms with E-state index in [1.165, 1.54) is 12.1 Å². The quantitative estimate of drug-likeness (QED) is 0.852. The maximum atomic E-state index is 13.0. The zero-order valence-corrected chi connectivity index (χ0v) is 12.8. The van der Waals surface area contributed by atoms with E-state index in [0.717, 1.165) is 21.2 Å². The maximum absolute atomic E-state index is 13.0. The highest BCUT2D eigenvalue weighted by Crippen LogP contribution is 2.25. The molecule has 0 radical (unpaired) electrons. The first-order valence-electron chi connectivity index (χ1n) is 5.92. The Kier molecular flexibility index (Phi) is 4.61. The summed E-state index contributed by atoms with van der Waals surface area (Å²) in [5.41, 5.74) is 9.24. The number of nitrogens with two attached hydrogens (primary N) is 1. The first kappa shape index (κ1) is 14.5. The van der Waals surface area contributed by atoms with Gasteiger partial charge in [0, 0.05) is 15.5 Å². The van der Waals surface area contributed by atoms with Crippen LogP contribution in [0.5, 0.6) is 0 Å². The van der Waals surface area contributed by atoms with Crippen molar-refractivity contribution in [2.24, 2.45) is 5.73 Å². The van der Waals surface area contributed by atoms with Crippen LogP contribution in [0.3, 0.4) is 0 Å². The van der Waals surface area contributed by atoms with Gasteiger partial charge in [0.15, 0.2) is 0 Å². The van der Waals surface area contributed by atoms with E-state index in [-0.39, 0.29) is 11.9 Å². The highest BCUT2D eigenvalue weighted by Gasteiger charge is 2.11. The number of hydrogen-bond donors (Lipinski definition) is 1. The van der Waals surface area contributed by atoms with Crippen molar-refractivity contribution in [1.29, 1.82) is 0 Å². The van der Waals surface area contributed by atoms with Gasteiger partial charge in [-0.05, 0) is 54.3 Å². The predicted molar refractivity (Wildman–Crippen MR) is 80.9 cm³/mol. The molecule has 2 rings (SSSR count). The Labute approximate surface area is 125 Å². The summed E-state index contributed by atoms with van der Waals surface area (Å²) in [5, 5.41) is 0.684. The van der Waals surface area contributed by atoms with Crippen LogP contribution in [0.25, 0.3) is 0 Å². The molecule has 0 aliphatic carbocycles. The molecule has 0 amide bonds. The van der Waals surface area contributed by atoms with E-state index in [0.29, 0.717) is 11.4 Å². The summed E-state index contributed by atoms with van der Waals surface area (Å²) < 4.78 is 13.8. The topological polar surface area (TPSA) is 26.0 Å². The molecule has 0 aromatic heterocycles. The number of aryl methyl sites for hydroxylation is 1. The third kappa shape index (κ3) is 3.78. The summed E-state index contributed by atoms with van der Waals surface area (Å²) in [6.45, 7) is 1.98. The molecule has 0 bridgehead atoms. The molecule has 2 aromatic carbocycles. The summed E-state index contributed by atoms with van der Waals surface area (Å²) in [5.74, 6) is -0.261. The van der Waals surface area contributed by atoms with Crippen molar-refractivity contribution in [1.82, 2.24) is 0 Å². The van der Waals surface area contributed by atoms with Crippen molar-refractivity contribution in [2.75, 3.05) is 0 Å². The van der Waals surface area contributed by atoms with Crippen LogP contribution < -0.4 is 5.73 Å². The minimum Gasteiger partial charge on any atom is -0.324 e. The summed E-state index contributed by atoms with van der Waals surface area (Å²) in [6.07, 6.45) is 0.626. The lowest BCUT2D eigenvalue weighted by Gasteiger charge is -2.14. The minimum absolute atomic E-state index is 0.167. The first-order chi connectivity index (χ1) is 8.95. The van der Waals surface area contributed by atoms with Crippen molar-refractivity contribution in [2.45, 2.75) is 19.4 Å². The van der Waals surface area contributed by atoms with Crippen LogP contribution in [0.4, 0.5) is 4.39 Å². The van der Waals surface area contributed by atoms with E-state index in [4.69, 9.17) is 17.3 Å². The van der Waals surface area contributed by atoms with Crippen LogP contribution in [-0.2, 0) is 6.42 Å². The van der Waals surface area contributed by atoms with Gasteiger partial charge in [-0.2, -0.15) is 0 Å². The van der Waals surface area contributed by atoms with Crippen molar-refractivity contribution >= 4 is 27.5 Å². The molecule has 2 aromatic rings. The van der Waals surface area contributed by atoms with Gasteiger partial charge in [0.25, 0.3) is 0 Å². The standard InChI is InChI=1S/C15H14BrClFN/c1-9-4-11(6-12(17)5-9)15(19)7-10-2-3-13(18)8-14(10)16/h2-6,8,15H,7,19H2,1H3. The third-order valence-electron chi connectivity index (χ3n) is 2.95. The molecule has 1 atom stereocenters. The second-order valence-electron chi connectivity index (χ2n) is 4.61. The summed E-state index contributed by atoms with van der Waals surface area (Å²) in [4.78, 5) is 0. The Balaban J connectivity index is 2.22. The molecule has 1 nitrogen and oxygen atoms in total. The van der Waals surface area contributed by atoms with Gasteiger partial charge in [0.2, 0.25) is 0 Å². The van der Waals surface area contributed by atoms with E-state index in [1.54, 1.807) is 6.07 Å². The molecular formula is C15H14BrClFN. The smallest absolute Gasteiger partial charge is 0.124 e. The normalized spacial score (nSPS) is 12.5. The third-order valence-corrected chi connectivity index (χ3v) is 3.90.